The second-order valence-corrected chi connectivity index (χ2v) is 5.47. The Labute approximate surface area is 116 Å². The van der Waals surface area contributed by atoms with Gasteiger partial charge in [0, 0.05) is 5.92 Å². The summed E-state index contributed by atoms with van der Waals surface area (Å²) in [4.78, 5) is 18.7. The number of aromatic amines is 1. The lowest BCUT2D eigenvalue weighted by molar-refractivity contribution is 0.0698. The van der Waals surface area contributed by atoms with E-state index in [0.717, 1.165) is 24.7 Å². The third kappa shape index (κ3) is 2.40. The fourth-order valence-electron chi connectivity index (χ4n) is 3.01. The van der Waals surface area contributed by atoms with Gasteiger partial charge in [0.05, 0.1) is 11.1 Å². The summed E-state index contributed by atoms with van der Waals surface area (Å²) in [5, 5.41) is 9.15. The van der Waals surface area contributed by atoms with Gasteiger partial charge in [-0.2, -0.15) is 0 Å². The number of carboxylic acids is 1. The van der Waals surface area contributed by atoms with Gasteiger partial charge in [0.2, 0.25) is 0 Å². The molecule has 5 heteroatoms. The molecule has 1 aromatic carbocycles. The molecule has 1 aliphatic carbocycles. The standard InChI is InChI=1S/C15H17FN2O2/c16-10-7-11(15(19)20)13-12(8-10)17-14(18-13)9-5-3-1-2-4-6-9/h7-9H,1-6H2,(H,17,18)(H,19,20). The average molecular weight is 276 g/mol. The van der Waals surface area contributed by atoms with Gasteiger partial charge in [-0.05, 0) is 25.0 Å². The molecule has 3 rings (SSSR count). The molecule has 0 atom stereocenters. The zero-order valence-electron chi connectivity index (χ0n) is 11.2. The highest BCUT2D eigenvalue weighted by Crippen LogP contribution is 2.31. The first-order valence-corrected chi connectivity index (χ1v) is 7.07. The molecule has 1 aromatic heterocycles. The summed E-state index contributed by atoms with van der Waals surface area (Å²) in [5.41, 5.74) is 0.760. The van der Waals surface area contributed by atoms with Crippen LogP contribution in [0.1, 0.15) is 60.6 Å². The van der Waals surface area contributed by atoms with Gasteiger partial charge in [-0.1, -0.05) is 25.7 Å². The molecule has 2 aromatic rings. The highest BCUT2D eigenvalue weighted by Gasteiger charge is 2.20. The number of aromatic nitrogens is 2. The van der Waals surface area contributed by atoms with E-state index in [1.54, 1.807) is 0 Å². The molecule has 0 spiro atoms. The van der Waals surface area contributed by atoms with Gasteiger partial charge in [-0.3, -0.25) is 0 Å². The Balaban J connectivity index is 2.05. The topological polar surface area (TPSA) is 66.0 Å². The van der Waals surface area contributed by atoms with Crippen LogP contribution < -0.4 is 0 Å². The number of imidazole rings is 1. The van der Waals surface area contributed by atoms with Crippen molar-refractivity contribution in [2.75, 3.05) is 0 Å². The fourth-order valence-corrected chi connectivity index (χ4v) is 3.01. The highest BCUT2D eigenvalue weighted by molar-refractivity contribution is 6.01. The molecule has 1 saturated carbocycles. The summed E-state index contributed by atoms with van der Waals surface area (Å²) in [5.74, 6) is -0.566. The van der Waals surface area contributed by atoms with E-state index in [1.807, 2.05) is 0 Å². The molecular weight excluding hydrogens is 259 g/mol. The molecule has 2 N–H and O–H groups in total. The lowest BCUT2D eigenvalue weighted by Crippen LogP contribution is -2.00. The van der Waals surface area contributed by atoms with E-state index in [9.17, 15) is 9.18 Å². The Morgan fingerprint density at radius 1 is 1.25 bits per heavy atom. The number of halogens is 1. The Hall–Kier alpha value is -1.91. The van der Waals surface area contributed by atoms with Crippen molar-refractivity contribution < 1.29 is 14.3 Å². The molecule has 0 radical (unpaired) electrons. The van der Waals surface area contributed by atoms with Crippen LogP contribution in [-0.2, 0) is 0 Å². The van der Waals surface area contributed by atoms with Crippen molar-refractivity contribution in [2.24, 2.45) is 0 Å². The number of benzene rings is 1. The van der Waals surface area contributed by atoms with Gasteiger partial charge < -0.3 is 10.1 Å². The van der Waals surface area contributed by atoms with Crippen LogP contribution in [0, 0.1) is 5.82 Å². The molecule has 0 saturated heterocycles. The number of carboxylic acid groups (broad SMARTS) is 1. The molecule has 0 amide bonds. The predicted octanol–water partition coefficient (Wildman–Crippen LogP) is 3.84. The number of fused-ring (bicyclic) bond motifs is 1. The first-order chi connectivity index (χ1) is 9.65. The molecule has 1 heterocycles. The van der Waals surface area contributed by atoms with Gasteiger partial charge >= 0.3 is 5.97 Å². The Kier molecular flexibility index (Phi) is 3.42. The maximum absolute atomic E-state index is 13.5. The van der Waals surface area contributed by atoms with Gasteiger partial charge in [0.25, 0.3) is 0 Å². The second-order valence-electron chi connectivity index (χ2n) is 5.47. The minimum absolute atomic E-state index is 0.0730. The predicted molar refractivity (Wildman–Crippen MR) is 73.5 cm³/mol. The van der Waals surface area contributed by atoms with Crippen molar-refractivity contribution in [1.29, 1.82) is 0 Å². The molecule has 0 bridgehead atoms. The Morgan fingerprint density at radius 3 is 2.60 bits per heavy atom. The van der Waals surface area contributed by atoms with Crippen LogP contribution in [0.4, 0.5) is 4.39 Å². The van der Waals surface area contributed by atoms with Crippen LogP contribution in [0.3, 0.4) is 0 Å². The molecule has 106 valence electrons. The summed E-state index contributed by atoms with van der Waals surface area (Å²) in [6.45, 7) is 0. The average Bonchev–Trinajstić information content (AvgIpc) is 2.65. The lowest BCUT2D eigenvalue weighted by atomic mass is 10.00. The normalized spacial score (nSPS) is 17.2. The van der Waals surface area contributed by atoms with Gasteiger partial charge in [-0.25, -0.2) is 14.2 Å². The van der Waals surface area contributed by atoms with Crippen molar-refractivity contribution in [2.45, 2.75) is 44.4 Å². The summed E-state index contributed by atoms with van der Waals surface area (Å²) in [6, 6.07) is 2.34. The summed E-state index contributed by atoms with van der Waals surface area (Å²) in [7, 11) is 0. The van der Waals surface area contributed by atoms with Crippen LogP contribution in [0.15, 0.2) is 12.1 Å². The van der Waals surface area contributed by atoms with Crippen LogP contribution in [-0.4, -0.2) is 21.0 Å². The smallest absolute Gasteiger partial charge is 0.338 e. The van der Waals surface area contributed by atoms with Crippen molar-refractivity contribution >= 4 is 17.0 Å². The zero-order chi connectivity index (χ0) is 14.1. The monoisotopic (exact) mass is 276 g/mol. The maximum Gasteiger partial charge on any atom is 0.338 e. The number of hydrogen-bond acceptors (Lipinski definition) is 2. The molecule has 1 aliphatic rings. The number of hydrogen-bond donors (Lipinski definition) is 2. The molecule has 0 unspecified atom stereocenters. The summed E-state index contributed by atoms with van der Waals surface area (Å²) in [6.07, 6.45) is 6.94. The van der Waals surface area contributed by atoms with Crippen LogP contribution in [0.2, 0.25) is 0 Å². The van der Waals surface area contributed by atoms with Crippen molar-refractivity contribution in [3.05, 3.63) is 29.3 Å². The first kappa shape index (κ1) is 13.1. The van der Waals surface area contributed by atoms with E-state index in [-0.39, 0.29) is 5.56 Å². The van der Waals surface area contributed by atoms with E-state index in [0.29, 0.717) is 17.0 Å². The molecule has 4 nitrogen and oxygen atoms in total. The largest absolute Gasteiger partial charge is 0.478 e. The first-order valence-electron chi connectivity index (χ1n) is 7.07. The number of nitrogens with zero attached hydrogens (tertiary/aromatic N) is 1. The highest BCUT2D eigenvalue weighted by atomic mass is 19.1. The molecular formula is C15H17FN2O2. The van der Waals surface area contributed by atoms with Crippen LogP contribution in [0.25, 0.3) is 11.0 Å². The summed E-state index contributed by atoms with van der Waals surface area (Å²) >= 11 is 0. The van der Waals surface area contributed by atoms with Crippen molar-refractivity contribution in [1.82, 2.24) is 9.97 Å². The lowest BCUT2D eigenvalue weighted by Gasteiger charge is -2.09. The number of H-pyrrole nitrogens is 1. The molecule has 0 aliphatic heterocycles. The quantitative estimate of drug-likeness (QED) is 0.819. The van der Waals surface area contributed by atoms with E-state index in [1.165, 1.54) is 31.7 Å². The van der Waals surface area contributed by atoms with E-state index in [4.69, 9.17) is 5.11 Å². The zero-order valence-corrected chi connectivity index (χ0v) is 11.2. The SMILES string of the molecule is O=C(O)c1cc(F)cc2[nH]c(C3CCCCCC3)nc12. The summed E-state index contributed by atoms with van der Waals surface area (Å²) < 4.78 is 13.5. The van der Waals surface area contributed by atoms with E-state index < -0.39 is 11.8 Å². The molecule has 20 heavy (non-hydrogen) atoms. The second kappa shape index (κ2) is 5.23. The third-order valence-corrected chi connectivity index (χ3v) is 4.04. The number of carbonyl (C=O) groups is 1. The Morgan fingerprint density at radius 2 is 1.95 bits per heavy atom. The van der Waals surface area contributed by atoms with Gasteiger partial charge in [0.1, 0.15) is 17.2 Å². The minimum Gasteiger partial charge on any atom is -0.478 e. The van der Waals surface area contributed by atoms with Crippen LogP contribution >= 0.6 is 0 Å². The van der Waals surface area contributed by atoms with E-state index >= 15 is 0 Å². The van der Waals surface area contributed by atoms with Crippen molar-refractivity contribution in [3.8, 4) is 0 Å². The molecule has 1 fully saturated rings. The van der Waals surface area contributed by atoms with Crippen LogP contribution in [0.5, 0.6) is 0 Å². The van der Waals surface area contributed by atoms with E-state index in [2.05, 4.69) is 9.97 Å². The number of nitrogens with one attached hydrogen (secondary N) is 1. The number of aromatic carboxylic acids is 1. The minimum atomic E-state index is -1.14. The third-order valence-electron chi connectivity index (χ3n) is 4.04. The maximum atomic E-state index is 13.5. The fraction of sp³-hybridized carbons (Fsp3) is 0.467. The number of rotatable bonds is 2. The van der Waals surface area contributed by atoms with Gasteiger partial charge in [0.15, 0.2) is 0 Å². The van der Waals surface area contributed by atoms with Gasteiger partial charge in [-0.15, -0.1) is 0 Å². The van der Waals surface area contributed by atoms with Crippen molar-refractivity contribution in [3.63, 3.8) is 0 Å². The Bertz CT molecular complexity index is 643.